The number of para-hydroxylation sites is 3. The Hall–Kier alpha value is -2.94. The van der Waals surface area contributed by atoms with E-state index in [0.29, 0.717) is 0 Å². The highest BCUT2D eigenvalue weighted by Gasteiger charge is 2.22. The van der Waals surface area contributed by atoms with E-state index in [1.807, 2.05) is 0 Å². The van der Waals surface area contributed by atoms with E-state index >= 15 is 0 Å². The van der Waals surface area contributed by atoms with Gasteiger partial charge in [0.1, 0.15) is 0 Å². The Labute approximate surface area is 149 Å². The summed E-state index contributed by atoms with van der Waals surface area (Å²) in [5.74, 6) is 0. The van der Waals surface area contributed by atoms with Gasteiger partial charge in [0.25, 0.3) is 0 Å². The topological polar surface area (TPSA) is 9.72 Å². The summed E-state index contributed by atoms with van der Waals surface area (Å²) in [5, 5.41) is 4.80. The molecule has 0 atom stereocenters. The molecule has 0 unspecified atom stereocenters. The minimum absolute atomic E-state index is 0.952. The Bertz CT molecular complexity index is 725. The van der Waals surface area contributed by atoms with Gasteiger partial charge in [0.05, 0.1) is 24.5 Å². The van der Waals surface area contributed by atoms with Gasteiger partial charge in [-0.1, -0.05) is 54.6 Å². The van der Waals surface area contributed by atoms with E-state index in [1.54, 1.807) is 0 Å². The van der Waals surface area contributed by atoms with E-state index in [-0.39, 0.29) is 0 Å². The second kappa shape index (κ2) is 7.31. The first-order valence-electron chi connectivity index (χ1n) is 8.87. The Morgan fingerprint density at radius 3 is 1.16 bits per heavy atom. The minimum atomic E-state index is 0.952. The molecule has 1 aliphatic rings. The molecule has 0 amide bonds. The van der Waals surface area contributed by atoms with Crippen LogP contribution in [0, 0.1) is 0 Å². The molecule has 0 N–H and O–H groups in total. The molecule has 1 saturated heterocycles. The highest BCUT2D eigenvalue weighted by atomic mass is 15.6. The number of nitrogens with zero attached hydrogens (tertiary/aromatic N) is 3. The second-order valence-electron chi connectivity index (χ2n) is 6.24. The van der Waals surface area contributed by atoms with Gasteiger partial charge >= 0.3 is 0 Å². The number of hydrogen-bond acceptors (Lipinski definition) is 3. The summed E-state index contributed by atoms with van der Waals surface area (Å²) in [6, 6.07) is 32.0. The molecule has 4 rings (SSSR count). The maximum Gasteiger partial charge on any atom is 0.0575 e. The first-order chi connectivity index (χ1) is 12.4. The van der Waals surface area contributed by atoms with Crippen molar-refractivity contribution in [1.82, 2.24) is 0 Å². The summed E-state index contributed by atoms with van der Waals surface area (Å²) in [5.41, 5.74) is 3.77. The zero-order valence-corrected chi connectivity index (χ0v) is 14.3. The second-order valence-corrected chi connectivity index (χ2v) is 6.24. The summed E-state index contributed by atoms with van der Waals surface area (Å²) >= 11 is 0. The van der Waals surface area contributed by atoms with Crippen LogP contribution < -0.4 is 14.9 Å². The first kappa shape index (κ1) is 15.6. The van der Waals surface area contributed by atoms with Crippen molar-refractivity contribution in [2.45, 2.75) is 0 Å². The smallest absolute Gasteiger partial charge is 0.0575 e. The number of hydrazine groups is 1. The Kier molecular flexibility index (Phi) is 4.55. The molecule has 126 valence electrons. The molecule has 1 heterocycles. The summed E-state index contributed by atoms with van der Waals surface area (Å²) < 4.78 is 0. The lowest BCUT2D eigenvalue weighted by molar-refractivity contribution is 0.773. The van der Waals surface area contributed by atoms with Crippen molar-refractivity contribution in [3.8, 4) is 0 Å². The average molecular weight is 329 g/mol. The van der Waals surface area contributed by atoms with E-state index in [9.17, 15) is 0 Å². The van der Waals surface area contributed by atoms with Gasteiger partial charge in [-0.25, -0.2) is 0 Å². The Morgan fingerprint density at radius 2 is 0.760 bits per heavy atom. The summed E-state index contributed by atoms with van der Waals surface area (Å²) in [4.78, 5) is 2.47. The van der Waals surface area contributed by atoms with Crippen LogP contribution in [0.3, 0.4) is 0 Å². The van der Waals surface area contributed by atoms with Crippen LogP contribution in [0.1, 0.15) is 0 Å². The fraction of sp³-hybridized carbons (Fsp3) is 0.182. The van der Waals surface area contributed by atoms with Crippen LogP contribution in [0.4, 0.5) is 17.1 Å². The number of anilines is 3. The molecule has 0 saturated carbocycles. The summed E-state index contributed by atoms with van der Waals surface area (Å²) in [7, 11) is 0. The number of hydrogen-bond donors (Lipinski definition) is 0. The van der Waals surface area contributed by atoms with Crippen LogP contribution in [0.15, 0.2) is 91.0 Å². The zero-order chi connectivity index (χ0) is 16.9. The lowest BCUT2D eigenvalue weighted by atomic mass is 10.3. The van der Waals surface area contributed by atoms with Crippen LogP contribution >= 0.6 is 0 Å². The number of rotatable bonds is 3. The van der Waals surface area contributed by atoms with Crippen molar-refractivity contribution in [1.29, 1.82) is 0 Å². The summed E-state index contributed by atoms with van der Waals surface area (Å²) in [6.07, 6.45) is 0. The molecule has 0 radical (unpaired) electrons. The SMILES string of the molecule is c1ccc(N2CCN(c3ccccc3)N(c3ccccc3)CC2)cc1. The van der Waals surface area contributed by atoms with Crippen molar-refractivity contribution >= 4 is 17.1 Å². The maximum absolute atomic E-state index is 2.47. The molecular weight excluding hydrogens is 306 g/mol. The standard InChI is InChI=1S/C22H23N3/c1-4-10-20(11-5-1)23-16-18-24(21-12-6-2-7-13-21)25(19-17-23)22-14-8-3-9-15-22/h1-15H,16-19H2. The van der Waals surface area contributed by atoms with Crippen LogP contribution in [0.5, 0.6) is 0 Å². The van der Waals surface area contributed by atoms with Crippen LogP contribution in [0.25, 0.3) is 0 Å². The lowest BCUT2D eigenvalue weighted by Gasteiger charge is -2.36. The molecule has 0 aromatic heterocycles. The number of benzene rings is 3. The van der Waals surface area contributed by atoms with Gasteiger partial charge in [0.2, 0.25) is 0 Å². The molecule has 3 nitrogen and oxygen atoms in total. The van der Waals surface area contributed by atoms with Crippen molar-refractivity contribution < 1.29 is 0 Å². The van der Waals surface area contributed by atoms with E-state index in [0.717, 1.165) is 26.2 Å². The average Bonchev–Trinajstić information content (AvgIpc) is 2.93. The van der Waals surface area contributed by atoms with Gasteiger partial charge < -0.3 is 4.90 Å². The zero-order valence-electron chi connectivity index (χ0n) is 14.3. The molecule has 1 fully saturated rings. The fourth-order valence-corrected chi connectivity index (χ4v) is 3.42. The predicted octanol–water partition coefficient (Wildman–Crippen LogP) is 4.43. The van der Waals surface area contributed by atoms with Crippen LogP contribution in [-0.4, -0.2) is 26.2 Å². The molecule has 3 aromatic carbocycles. The highest BCUT2D eigenvalue weighted by Crippen LogP contribution is 2.25. The molecule has 1 aliphatic heterocycles. The molecule has 25 heavy (non-hydrogen) atoms. The van der Waals surface area contributed by atoms with Crippen LogP contribution in [-0.2, 0) is 0 Å². The van der Waals surface area contributed by atoms with Gasteiger partial charge in [-0.3, -0.25) is 10.0 Å². The largest absolute Gasteiger partial charge is 0.368 e. The van der Waals surface area contributed by atoms with E-state index in [2.05, 4.69) is 106 Å². The van der Waals surface area contributed by atoms with E-state index in [4.69, 9.17) is 0 Å². The van der Waals surface area contributed by atoms with Gasteiger partial charge in [-0.15, -0.1) is 0 Å². The predicted molar refractivity (Wildman–Crippen MR) is 106 cm³/mol. The van der Waals surface area contributed by atoms with Crippen molar-refractivity contribution in [2.24, 2.45) is 0 Å². The molecule has 0 spiro atoms. The highest BCUT2D eigenvalue weighted by molar-refractivity contribution is 5.59. The third-order valence-electron chi connectivity index (χ3n) is 4.68. The minimum Gasteiger partial charge on any atom is -0.368 e. The summed E-state index contributed by atoms with van der Waals surface area (Å²) in [6.45, 7) is 3.91. The van der Waals surface area contributed by atoms with Crippen molar-refractivity contribution in [3.63, 3.8) is 0 Å². The maximum atomic E-state index is 2.47. The third-order valence-corrected chi connectivity index (χ3v) is 4.68. The molecule has 3 heteroatoms. The van der Waals surface area contributed by atoms with Crippen molar-refractivity contribution in [2.75, 3.05) is 41.1 Å². The lowest BCUT2D eigenvalue weighted by Crippen LogP contribution is -2.44. The quantitative estimate of drug-likeness (QED) is 0.703. The third kappa shape index (κ3) is 3.45. The normalized spacial score (nSPS) is 15.1. The van der Waals surface area contributed by atoms with Gasteiger partial charge in [-0.2, -0.15) is 0 Å². The molecule has 0 bridgehead atoms. The van der Waals surface area contributed by atoms with Crippen LogP contribution in [0.2, 0.25) is 0 Å². The Morgan fingerprint density at radius 1 is 0.400 bits per heavy atom. The van der Waals surface area contributed by atoms with Gasteiger partial charge in [0.15, 0.2) is 0 Å². The molecular formula is C22H23N3. The van der Waals surface area contributed by atoms with Crippen molar-refractivity contribution in [3.05, 3.63) is 91.0 Å². The first-order valence-corrected chi connectivity index (χ1v) is 8.87. The van der Waals surface area contributed by atoms with E-state index in [1.165, 1.54) is 17.1 Å². The van der Waals surface area contributed by atoms with E-state index < -0.39 is 0 Å². The fourth-order valence-electron chi connectivity index (χ4n) is 3.42. The Balaban J connectivity index is 1.65. The van der Waals surface area contributed by atoms with Gasteiger partial charge in [0, 0.05) is 18.8 Å². The monoisotopic (exact) mass is 329 g/mol. The molecule has 0 aliphatic carbocycles. The van der Waals surface area contributed by atoms with Gasteiger partial charge in [-0.05, 0) is 36.4 Å². The molecule has 3 aromatic rings.